The van der Waals surface area contributed by atoms with Gasteiger partial charge in [-0.15, -0.1) is 0 Å². The van der Waals surface area contributed by atoms with Crippen molar-refractivity contribution >= 4 is 7.80 Å². The van der Waals surface area contributed by atoms with Crippen LogP contribution >= 0.6 is 7.80 Å². The Morgan fingerprint density at radius 1 is 0.914 bits per heavy atom. The fourth-order valence-corrected chi connectivity index (χ4v) is 7.33. The highest BCUT2D eigenvalue weighted by Gasteiger charge is 2.30. The minimum Gasteiger partial charge on any atom is -0.508 e. The lowest BCUT2D eigenvalue weighted by Gasteiger charge is -2.34. The Morgan fingerprint density at radius 3 is 2.26 bits per heavy atom. The van der Waals surface area contributed by atoms with Crippen LogP contribution in [0.15, 0.2) is 42.5 Å². The molecule has 0 bridgehead atoms. The van der Waals surface area contributed by atoms with E-state index in [0.717, 1.165) is 12.8 Å². The molecule has 4 atom stereocenters. The Kier molecular flexibility index (Phi) is 11.9. The first-order valence-corrected chi connectivity index (χ1v) is 16.4. The summed E-state index contributed by atoms with van der Waals surface area (Å²) in [4.78, 5) is 0. The van der Waals surface area contributed by atoms with Crippen LogP contribution in [-0.4, -0.2) is 17.4 Å². The van der Waals surface area contributed by atoms with Gasteiger partial charge in [0.15, 0.2) is 0 Å². The molecular formula is C32H49O2P. The Balaban J connectivity index is 1.43. The number of aromatic hydroxyl groups is 1. The Hall–Kier alpha value is -1.53. The third-order valence-corrected chi connectivity index (χ3v) is 10.0. The molecule has 2 nitrogen and oxygen atoms in total. The Labute approximate surface area is 215 Å². The van der Waals surface area contributed by atoms with Crippen molar-refractivity contribution in [3.8, 4) is 5.75 Å². The summed E-state index contributed by atoms with van der Waals surface area (Å²) >= 11 is 0. The zero-order valence-corrected chi connectivity index (χ0v) is 23.5. The summed E-state index contributed by atoms with van der Waals surface area (Å²) < 4.78 is 12.0. The van der Waals surface area contributed by atoms with Crippen LogP contribution in [0.25, 0.3) is 0 Å². The molecule has 0 spiro atoms. The molecule has 2 aromatic rings. The second-order valence-electron chi connectivity index (χ2n) is 11.0. The fourth-order valence-electron chi connectivity index (χ4n) is 6.11. The molecule has 3 rings (SSSR count). The van der Waals surface area contributed by atoms with Gasteiger partial charge in [-0.05, 0) is 86.4 Å². The highest BCUT2D eigenvalue weighted by Crippen LogP contribution is 2.46. The molecule has 35 heavy (non-hydrogen) atoms. The van der Waals surface area contributed by atoms with Crippen molar-refractivity contribution < 1.29 is 9.67 Å². The van der Waals surface area contributed by atoms with Crippen LogP contribution in [0.1, 0.15) is 124 Å². The van der Waals surface area contributed by atoms with E-state index in [0.29, 0.717) is 23.2 Å². The zero-order chi connectivity index (χ0) is 25.0. The van der Waals surface area contributed by atoms with Gasteiger partial charge in [0.05, 0.1) is 7.80 Å². The predicted molar refractivity (Wildman–Crippen MR) is 153 cm³/mol. The first-order chi connectivity index (χ1) is 17.0. The molecule has 4 unspecified atom stereocenters. The third-order valence-electron chi connectivity index (χ3n) is 8.29. The maximum atomic E-state index is 12.0. The highest BCUT2D eigenvalue weighted by atomic mass is 31.1. The van der Waals surface area contributed by atoms with E-state index >= 15 is 0 Å². The second-order valence-corrected chi connectivity index (χ2v) is 13.1. The average molecular weight is 497 g/mol. The SMILES string of the molecule is CCCCC(CCCCCCCCCC1c2ccc(O)cc2CCC1c1ccc(C)cc1)[PH](C)=O. The summed E-state index contributed by atoms with van der Waals surface area (Å²) in [7, 11) is -1.37. The summed E-state index contributed by atoms with van der Waals surface area (Å²) in [5.41, 5.74) is 6.11. The summed E-state index contributed by atoms with van der Waals surface area (Å²) in [6, 6.07) is 15.2. The molecule has 0 radical (unpaired) electrons. The van der Waals surface area contributed by atoms with Crippen molar-refractivity contribution in [1.82, 2.24) is 0 Å². The van der Waals surface area contributed by atoms with E-state index in [-0.39, 0.29) is 0 Å². The molecule has 0 aliphatic heterocycles. The number of unbranched alkanes of at least 4 members (excludes halogenated alkanes) is 7. The van der Waals surface area contributed by atoms with Gasteiger partial charge in [0.1, 0.15) is 5.75 Å². The molecule has 0 fully saturated rings. The maximum Gasteiger partial charge on any atom is 0.115 e. The largest absolute Gasteiger partial charge is 0.508 e. The van der Waals surface area contributed by atoms with Crippen molar-refractivity contribution in [2.45, 2.75) is 121 Å². The summed E-state index contributed by atoms with van der Waals surface area (Å²) in [6.45, 7) is 6.35. The monoisotopic (exact) mass is 496 g/mol. The van der Waals surface area contributed by atoms with Gasteiger partial charge in [-0.25, -0.2) is 0 Å². The van der Waals surface area contributed by atoms with E-state index in [4.69, 9.17) is 0 Å². The lowest BCUT2D eigenvalue weighted by Crippen LogP contribution is -2.19. The minimum atomic E-state index is -1.37. The van der Waals surface area contributed by atoms with Crippen molar-refractivity contribution in [1.29, 1.82) is 0 Å². The molecule has 1 aliphatic carbocycles. The van der Waals surface area contributed by atoms with Crippen molar-refractivity contribution in [2.24, 2.45) is 0 Å². The molecule has 2 aromatic carbocycles. The number of aryl methyl sites for hydroxylation is 2. The Bertz CT molecular complexity index is 904. The van der Waals surface area contributed by atoms with Crippen molar-refractivity contribution in [2.75, 3.05) is 6.66 Å². The number of hydrogen-bond acceptors (Lipinski definition) is 2. The zero-order valence-electron chi connectivity index (χ0n) is 22.5. The summed E-state index contributed by atoms with van der Waals surface area (Å²) in [6.07, 6.45) is 17.4. The van der Waals surface area contributed by atoms with Crippen molar-refractivity contribution in [3.63, 3.8) is 0 Å². The van der Waals surface area contributed by atoms with Gasteiger partial charge in [-0.3, -0.25) is 0 Å². The second kappa shape index (κ2) is 14.9. The van der Waals surface area contributed by atoms with Gasteiger partial charge < -0.3 is 9.67 Å². The van der Waals surface area contributed by atoms with Crippen LogP contribution in [0, 0.1) is 6.92 Å². The van der Waals surface area contributed by atoms with Crippen LogP contribution in [-0.2, 0) is 11.0 Å². The van der Waals surface area contributed by atoms with Crippen LogP contribution < -0.4 is 0 Å². The number of benzene rings is 2. The smallest absolute Gasteiger partial charge is 0.115 e. The van der Waals surface area contributed by atoms with Gasteiger partial charge in [0.25, 0.3) is 0 Å². The fraction of sp³-hybridized carbons (Fsp3) is 0.625. The first kappa shape index (κ1) is 28.0. The van der Waals surface area contributed by atoms with Crippen LogP contribution in [0.4, 0.5) is 0 Å². The number of hydrogen-bond donors (Lipinski definition) is 1. The lowest BCUT2D eigenvalue weighted by molar-refractivity contribution is 0.424. The van der Waals surface area contributed by atoms with Crippen LogP contribution in [0.2, 0.25) is 0 Å². The molecule has 0 aromatic heterocycles. The van der Waals surface area contributed by atoms with E-state index < -0.39 is 7.80 Å². The standard InChI is InChI=1S/C32H49O2P/c1-4-5-13-29(35(3)34)14-11-9-7-6-8-10-12-15-32-30(26-18-16-25(2)17-19-26)22-20-27-24-28(33)21-23-31(27)32/h16-19,21,23-24,29-30,32-33,35H,4-15,20,22H2,1-3H3. The first-order valence-electron chi connectivity index (χ1n) is 14.4. The number of phenols is 1. The quantitative estimate of drug-likeness (QED) is 0.197. The van der Waals surface area contributed by atoms with Gasteiger partial charge >= 0.3 is 0 Å². The number of rotatable bonds is 15. The van der Waals surface area contributed by atoms with Gasteiger partial charge in [-0.2, -0.15) is 0 Å². The molecule has 0 amide bonds. The van der Waals surface area contributed by atoms with E-state index in [1.54, 1.807) is 0 Å². The van der Waals surface area contributed by atoms with Crippen molar-refractivity contribution in [3.05, 3.63) is 64.7 Å². The Morgan fingerprint density at radius 2 is 1.57 bits per heavy atom. The number of fused-ring (bicyclic) bond motifs is 1. The van der Waals surface area contributed by atoms with Gasteiger partial charge in [-0.1, -0.05) is 101 Å². The third kappa shape index (κ3) is 8.82. The number of phenolic OH excluding ortho intramolecular Hbond substituents is 1. The highest BCUT2D eigenvalue weighted by molar-refractivity contribution is 7.44. The molecule has 0 heterocycles. The molecule has 194 valence electrons. The van der Waals surface area contributed by atoms with Gasteiger partial charge in [0.2, 0.25) is 0 Å². The summed E-state index contributed by atoms with van der Waals surface area (Å²) in [5.74, 6) is 1.54. The molecule has 3 heteroatoms. The average Bonchev–Trinajstić information content (AvgIpc) is 2.85. The lowest BCUT2D eigenvalue weighted by atomic mass is 9.70. The van der Waals surface area contributed by atoms with E-state index in [1.807, 2.05) is 18.8 Å². The van der Waals surface area contributed by atoms with Gasteiger partial charge in [0, 0.05) is 5.66 Å². The molecule has 0 saturated carbocycles. The molecule has 1 N–H and O–H groups in total. The van der Waals surface area contributed by atoms with Crippen LogP contribution in [0.3, 0.4) is 0 Å². The molecular weight excluding hydrogens is 447 g/mol. The summed E-state index contributed by atoms with van der Waals surface area (Å²) in [5, 5.41) is 10.0. The van der Waals surface area contributed by atoms with Crippen LogP contribution in [0.5, 0.6) is 5.75 Å². The maximum absolute atomic E-state index is 12.0. The van der Waals surface area contributed by atoms with E-state index in [1.165, 1.54) is 99.3 Å². The molecule has 0 saturated heterocycles. The minimum absolute atomic E-state index is 0.402. The normalized spacial score (nSPS) is 19.3. The molecule has 1 aliphatic rings. The van der Waals surface area contributed by atoms with E-state index in [2.05, 4.69) is 44.2 Å². The predicted octanol–water partition coefficient (Wildman–Crippen LogP) is 9.77. The van der Waals surface area contributed by atoms with E-state index in [9.17, 15) is 9.67 Å². The topological polar surface area (TPSA) is 37.3 Å².